The van der Waals surface area contributed by atoms with Crippen LogP contribution in [0, 0.1) is 5.92 Å². The molecule has 1 aliphatic carbocycles. The van der Waals surface area contributed by atoms with Gasteiger partial charge in [-0.2, -0.15) is 5.10 Å². The molecule has 110 valence electrons. The van der Waals surface area contributed by atoms with Gasteiger partial charge >= 0.3 is 0 Å². The van der Waals surface area contributed by atoms with E-state index in [9.17, 15) is 4.79 Å². The van der Waals surface area contributed by atoms with Crippen LogP contribution in [0.25, 0.3) is 0 Å². The largest absolute Gasteiger partial charge is 0.304 e. The van der Waals surface area contributed by atoms with Gasteiger partial charge in [0.05, 0.1) is 16.7 Å². The fourth-order valence-electron chi connectivity index (χ4n) is 3.71. The Bertz CT molecular complexity index is 499. The second-order valence-corrected chi connectivity index (χ2v) is 6.82. The van der Waals surface area contributed by atoms with Gasteiger partial charge in [0.2, 0.25) is 0 Å². The van der Waals surface area contributed by atoms with Crippen LogP contribution in [0.2, 0.25) is 0 Å². The SMILES string of the molecule is CCn1ncc(Br)c1C(=O)C1CCC2CCCCC2N1. The van der Waals surface area contributed by atoms with Crippen LogP contribution in [0.4, 0.5) is 0 Å². The molecule has 0 aromatic carbocycles. The number of hydrogen-bond donors (Lipinski definition) is 1. The Kier molecular flexibility index (Phi) is 4.26. The van der Waals surface area contributed by atoms with Gasteiger partial charge in [-0.15, -0.1) is 0 Å². The number of piperidine rings is 1. The Morgan fingerprint density at radius 3 is 3.00 bits per heavy atom. The number of nitrogens with one attached hydrogen (secondary N) is 1. The molecule has 1 saturated heterocycles. The van der Waals surface area contributed by atoms with Crippen LogP contribution in [-0.2, 0) is 6.54 Å². The molecule has 1 aromatic heterocycles. The van der Waals surface area contributed by atoms with Crippen molar-refractivity contribution in [3.8, 4) is 0 Å². The van der Waals surface area contributed by atoms with Gasteiger partial charge in [-0.05, 0) is 54.5 Å². The smallest absolute Gasteiger partial charge is 0.198 e. The maximum Gasteiger partial charge on any atom is 0.198 e. The van der Waals surface area contributed by atoms with E-state index in [1.54, 1.807) is 10.9 Å². The van der Waals surface area contributed by atoms with Gasteiger partial charge in [0.25, 0.3) is 0 Å². The van der Waals surface area contributed by atoms with Crippen LogP contribution in [0.5, 0.6) is 0 Å². The third kappa shape index (κ3) is 2.58. The van der Waals surface area contributed by atoms with Crippen LogP contribution >= 0.6 is 15.9 Å². The number of carbonyl (C=O) groups is 1. The van der Waals surface area contributed by atoms with E-state index >= 15 is 0 Å². The first kappa shape index (κ1) is 14.3. The number of carbonyl (C=O) groups excluding carboxylic acids is 1. The van der Waals surface area contributed by atoms with Crippen molar-refractivity contribution in [3.63, 3.8) is 0 Å². The monoisotopic (exact) mass is 339 g/mol. The zero-order valence-corrected chi connectivity index (χ0v) is 13.5. The zero-order valence-electron chi connectivity index (χ0n) is 11.9. The number of rotatable bonds is 3. The molecule has 0 spiro atoms. The van der Waals surface area contributed by atoms with E-state index in [0.717, 1.165) is 29.1 Å². The molecule has 1 saturated carbocycles. The summed E-state index contributed by atoms with van der Waals surface area (Å²) in [5.41, 5.74) is 0.722. The van der Waals surface area contributed by atoms with Crippen molar-refractivity contribution in [2.75, 3.05) is 0 Å². The molecule has 2 fully saturated rings. The number of aryl methyl sites for hydroxylation is 1. The third-order valence-electron chi connectivity index (χ3n) is 4.79. The number of Topliss-reactive ketones (excluding diaryl/α,β-unsaturated/α-hetero) is 1. The number of fused-ring (bicyclic) bond motifs is 1. The molecule has 20 heavy (non-hydrogen) atoms. The van der Waals surface area contributed by atoms with Crippen LogP contribution in [0.1, 0.15) is 55.9 Å². The van der Waals surface area contributed by atoms with Crippen LogP contribution in [-0.4, -0.2) is 27.6 Å². The fraction of sp³-hybridized carbons (Fsp3) is 0.733. The van der Waals surface area contributed by atoms with E-state index in [4.69, 9.17) is 0 Å². The molecule has 1 N–H and O–H groups in total. The molecule has 1 aliphatic heterocycles. The van der Waals surface area contributed by atoms with Crippen molar-refractivity contribution in [2.24, 2.45) is 5.92 Å². The summed E-state index contributed by atoms with van der Waals surface area (Å²) in [5, 5.41) is 7.86. The van der Waals surface area contributed by atoms with Crippen molar-refractivity contribution in [3.05, 3.63) is 16.4 Å². The van der Waals surface area contributed by atoms with Gasteiger partial charge in [-0.1, -0.05) is 12.8 Å². The van der Waals surface area contributed by atoms with E-state index in [1.807, 2.05) is 6.92 Å². The summed E-state index contributed by atoms with van der Waals surface area (Å²) in [6.07, 6.45) is 9.08. The quantitative estimate of drug-likeness (QED) is 0.860. The van der Waals surface area contributed by atoms with Gasteiger partial charge in [-0.25, -0.2) is 0 Å². The van der Waals surface area contributed by atoms with Crippen LogP contribution in [0.3, 0.4) is 0 Å². The predicted molar refractivity (Wildman–Crippen MR) is 81.8 cm³/mol. The van der Waals surface area contributed by atoms with E-state index < -0.39 is 0 Å². The van der Waals surface area contributed by atoms with Crippen molar-refractivity contribution in [1.29, 1.82) is 0 Å². The van der Waals surface area contributed by atoms with Gasteiger partial charge in [0, 0.05) is 12.6 Å². The summed E-state index contributed by atoms with van der Waals surface area (Å²) in [7, 11) is 0. The molecule has 0 amide bonds. The maximum atomic E-state index is 12.8. The summed E-state index contributed by atoms with van der Waals surface area (Å²) >= 11 is 3.46. The van der Waals surface area contributed by atoms with E-state index in [0.29, 0.717) is 6.04 Å². The molecule has 5 heteroatoms. The maximum absolute atomic E-state index is 12.8. The molecule has 1 aromatic rings. The molecule has 0 radical (unpaired) electrons. The normalized spacial score (nSPS) is 30.0. The number of hydrogen-bond acceptors (Lipinski definition) is 3. The zero-order chi connectivity index (χ0) is 14.1. The lowest BCUT2D eigenvalue weighted by Gasteiger charge is -2.40. The first-order valence-electron chi connectivity index (χ1n) is 7.72. The van der Waals surface area contributed by atoms with Gasteiger partial charge in [-0.3, -0.25) is 9.48 Å². The Hall–Kier alpha value is -0.680. The number of aromatic nitrogens is 2. The highest BCUT2D eigenvalue weighted by Gasteiger charge is 2.36. The Labute approximate surface area is 128 Å². The molecule has 3 atom stereocenters. The minimum atomic E-state index is -0.0346. The summed E-state index contributed by atoms with van der Waals surface area (Å²) in [5.74, 6) is 0.979. The van der Waals surface area contributed by atoms with Crippen molar-refractivity contribution < 1.29 is 4.79 Å². The highest BCUT2D eigenvalue weighted by atomic mass is 79.9. The van der Waals surface area contributed by atoms with E-state index in [2.05, 4.69) is 26.3 Å². The molecule has 3 unspecified atom stereocenters. The van der Waals surface area contributed by atoms with Crippen LogP contribution in [0.15, 0.2) is 10.7 Å². The molecular weight excluding hydrogens is 318 g/mol. The van der Waals surface area contributed by atoms with E-state index in [-0.39, 0.29) is 11.8 Å². The molecule has 2 heterocycles. The molecule has 3 rings (SSSR count). The minimum absolute atomic E-state index is 0.0346. The van der Waals surface area contributed by atoms with Crippen molar-refractivity contribution in [1.82, 2.24) is 15.1 Å². The lowest BCUT2D eigenvalue weighted by Crippen LogP contribution is -2.52. The molecular formula is C15H22BrN3O. The third-order valence-corrected chi connectivity index (χ3v) is 5.38. The van der Waals surface area contributed by atoms with Crippen molar-refractivity contribution >= 4 is 21.7 Å². The first-order chi connectivity index (χ1) is 9.70. The van der Waals surface area contributed by atoms with E-state index in [1.165, 1.54) is 32.1 Å². The fourth-order valence-corrected chi connectivity index (χ4v) is 4.21. The van der Waals surface area contributed by atoms with Crippen molar-refractivity contribution in [2.45, 2.75) is 64.1 Å². The van der Waals surface area contributed by atoms with Gasteiger partial charge in [0.15, 0.2) is 5.78 Å². The Morgan fingerprint density at radius 2 is 2.20 bits per heavy atom. The summed E-state index contributed by atoms with van der Waals surface area (Å²) in [6.45, 7) is 2.74. The molecule has 2 aliphatic rings. The lowest BCUT2D eigenvalue weighted by atomic mass is 9.77. The average molecular weight is 340 g/mol. The summed E-state index contributed by atoms with van der Waals surface area (Å²) in [4.78, 5) is 12.8. The second-order valence-electron chi connectivity index (χ2n) is 5.97. The summed E-state index contributed by atoms with van der Waals surface area (Å²) in [6, 6.07) is 0.510. The first-order valence-corrected chi connectivity index (χ1v) is 8.51. The van der Waals surface area contributed by atoms with Gasteiger partial charge < -0.3 is 5.32 Å². The highest BCUT2D eigenvalue weighted by Crippen LogP contribution is 2.33. The molecule has 4 nitrogen and oxygen atoms in total. The highest BCUT2D eigenvalue weighted by molar-refractivity contribution is 9.10. The average Bonchev–Trinajstić information content (AvgIpc) is 2.87. The lowest BCUT2D eigenvalue weighted by molar-refractivity contribution is 0.0850. The number of halogens is 1. The molecule has 0 bridgehead atoms. The van der Waals surface area contributed by atoms with Crippen LogP contribution < -0.4 is 5.32 Å². The topological polar surface area (TPSA) is 46.9 Å². The predicted octanol–water partition coefficient (Wildman–Crippen LogP) is 3.16. The standard InChI is InChI=1S/C15H22BrN3O/c1-2-19-14(11(16)9-17-19)15(20)13-8-7-10-5-3-4-6-12(10)18-13/h9-10,12-13,18H,2-8H2,1H3. The Morgan fingerprint density at radius 1 is 1.40 bits per heavy atom. The number of nitrogens with zero attached hydrogens (tertiary/aromatic N) is 2. The summed E-state index contributed by atoms with van der Waals surface area (Å²) < 4.78 is 2.61. The second kappa shape index (κ2) is 5.98. The minimum Gasteiger partial charge on any atom is -0.304 e. The Balaban J connectivity index is 1.76. The number of ketones is 1. The van der Waals surface area contributed by atoms with Gasteiger partial charge in [0.1, 0.15) is 5.69 Å².